The number of rotatable bonds is 6. The van der Waals surface area contributed by atoms with Gasteiger partial charge in [0.15, 0.2) is 7.38 Å². The van der Waals surface area contributed by atoms with Crippen molar-refractivity contribution >= 4 is 18.5 Å². The topological polar surface area (TPSA) is 0 Å². The number of halogens is 1. The van der Waals surface area contributed by atoms with Crippen molar-refractivity contribution in [2.24, 2.45) is 0 Å². The molecule has 3 aromatic rings. The third-order valence-electron chi connectivity index (χ3n) is 4.91. The Hall–Kier alpha value is -1.83. The summed E-state index contributed by atoms with van der Waals surface area (Å²) < 4.78 is 0. The van der Waals surface area contributed by atoms with E-state index < -0.39 is 7.38 Å². The van der Waals surface area contributed by atoms with Crippen LogP contribution in [0, 0.1) is 0 Å². The van der Waals surface area contributed by atoms with Gasteiger partial charge in [-0.05, 0) is 28.7 Å². The second-order valence-electron chi connectivity index (χ2n) is 7.14. The molecule has 0 amide bonds. The molecule has 0 heterocycles. The van der Waals surface area contributed by atoms with E-state index in [1.54, 1.807) is 0 Å². The molecule has 2 heteroatoms. The standard InChI is InChI=1S/C23H25ClSi/c1-25(2,24)23(21-16-10-5-11-17-21)18-22(19-12-6-3-7-13-19)20-14-8-4-9-15-20/h3-17,22-23H,18H2,1-2H3. The van der Waals surface area contributed by atoms with Crippen molar-refractivity contribution < 1.29 is 0 Å². The number of hydrogen-bond acceptors (Lipinski definition) is 0. The quantitative estimate of drug-likeness (QED) is 0.327. The summed E-state index contributed by atoms with van der Waals surface area (Å²) in [5.41, 5.74) is 4.50. The second-order valence-corrected chi connectivity index (χ2v) is 13.9. The van der Waals surface area contributed by atoms with Crippen molar-refractivity contribution in [3.8, 4) is 0 Å². The Bertz CT molecular complexity index is 724. The van der Waals surface area contributed by atoms with Crippen LogP contribution < -0.4 is 0 Å². The summed E-state index contributed by atoms with van der Waals surface area (Å²) in [4.78, 5) is 0. The van der Waals surface area contributed by atoms with Crippen molar-refractivity contribution in [2.75, 3.05) is 0 Å². The average Bonchev–Trinajstić information content (AvgIpc) is 2.63. The lowest BCUT2D eigenvalue weighted by atomic mass is 9.86. The van der Waals surface area contributed by atoms with Gasteiger partial charge in [0, 0.05) is 5.92 Å². The van der Waals surface area contributed by atoms with Gasteiger partial charge >= 0.3 is 0 Å². The number of benzene rings is 3. The molecule has 25 heavy (non-hydrogen) atoms. The van der Waals surface area contributed by atoms with Gasteiger partial charge in [-0.2, -0.15) is 11.1 Å². The lowest BCUT2D eigenvalue weighted by Gasteiger charge is -2.31. The fraction of sp³-hybridized carbons (Fsp3) is 0.217. The fourth-order valence-electron chi connectivity index (χ4n) is 3.57. The number of hydrogen-bond donors (Lipinski definition) is 0. The minimum atomic E-state index is -1.88. The second kappa shape index (κ2) is 8.03. The van der Waals surface area contributed by atoms with Crippen LogP contribution >= 0.6 is 11.1 Å². The van der Waals surface area contributed by atoms with E-state index >= 15 is 0 Å². The summed E-state index contributed by atoms with van der Waals surface area (Å²) in [7, 11) is -1.88. The summed E-state index contributed by atoms with van der Waals surface area (Å²) in [5, 5.41) is 0. The minimum absolute atomic E-state index is 0.359. The Labute approximate surface area is 157 Å². The van der Waals surface area contributed by atoms with E-state index in [0.29, 0.717) is 11.5 Å². The van der Waals surface area contributed by atoms with Crippen molar-refractivity contribution in [3.05, 3.63) is 108 Å². The first kappa shape index (κ1) is 18.0. The zero-order valence-electron chi connectivity index (χ0n) is 14.9. The Balaban J connectivity index is 2.01. The highest BCUT2D eigenvalue weighted by Gasteiger charge is 2.34. The van der Waals surface area contributed by atoms with Crippen LogP contribution in [0.3, 0.4) is 0 Å². The van der Waals surface area contributed by atoms with Gasteiger partial charge in [0.1, 0.15) is 0 Å². The maximum atomic E-state index is 6.99. The molecule has 0 bridgehead atoms. The molecule has 0 aliphatic rings. The Morgan fingerprint density at radius 3 is 1.36 bits per heavy atom. The van der Waals surface area contributed by atoms with Gasteiger partial charge in [0.25, 0.3) is 0 Å². The van der Waals surface area contributed by atoms with E-state index in [2.05, 4.69) is 104 Å². The predicted octanol–water partition coefficient (Wildman–Crippen LogP) is 6.98. The first-order chi connectivity index (χ1) is 12.1. The van der Waals surface area contributed by atoms with Gasteiger partial charge in [0.2, 0.25) is 0 Å². The molecule has 3 rings (SSSR count). The molecule has 0 aliphatic heterocycles. The van der Waals surface area contributed by atoms with Crippen LogP contribution in [0.4, 0.5) is 0 Å². The molecule has 0 spiro atoms. The van der Waals surface area contributed by atoms with Gasteiger partial charge in [-0.3, -0.25) is 0 Å². The zero-order chi connectivity index (χ0) is 17.7. The molecule has 0 saturated heterocycles. The highest BCUT2D eigenvalue weighted by molar-refractivity contribution is 7.19. The molecule has 0 radical (unpaired) electrons. The zero-order valence-corrected chi connectivity index (χ0v) is 16.7. The van der Waals surface area contributed by atoms with Crippen LogP contribution in [0.15, 0.2) is 91.0 Å². The normalized spacial score (nSPS) is 13.0. The van der Waals surface area contributed by atoms with Gasteiger partial charge in [-0.25, -0.2) is 0 Å². The molecule has 1 atom stereocenters. The lowest BCUT2D eigenvalue weighted by Crippen LogP contribution is -2.30. The summed E-state index contributed by atoms with van der Waals surface area (Å²) in [6.07, 6.45) is 1.04. The molecule has 1 unspecified atom stereocenters. The van der Waals surface area contributed by atoms with E-state index in [4.69, 9.17) is 11.1 Å². The van der Waals surface area contributed by atoms with Crippen LogP contribution in [0.2, 0.25) is 13.1 Å². The summed E-state index contributed by atoms with van der Waals surface area (Å²) in [6, 6.07) is 32.4. The van der Waals surface area contributed by atoms with E-state index in [9.17, 15) is 0 Å². The molecule has 0 N–H and O–H groups in total. The van der Waals surface area contributed by atoms with Crippen molar-refractivity contribution in [1.82, 2.24) is 0 Å². The van der Waals surface area contributed by atoms with Crippen LogP contribution in [-0.2, 0) is 0 Å². The van der Waals surface area contributed by atoms with Crippen LogP contribution in [0.1, 0.15) is 34.6 Å². The highest BCUT2D eigenvalue weighted by atomic mass is 35.6. The maximum absolute atomic E-state index is 6.99. The SMILES string of the molecule is C[Si](C)(Cl)C(CC(c1ccccc1)c1ccccc1)c1ccccc1. The Morgan fingerprint density at radius 1 is 0.640 bits per heavy atom. The molecular weight excluding hydrogens is 340 g/mol. The van der Waals surface area contributed by atoms with E-state index in [0.717, 1.165) is 6.42 Å². The molecule has 0 aliphatic carbocycles. The molecule has 128 valence electrons. The third-order valence-corrected chi connectivity index (χ3v) is 7.92. The minimum Gasteiger partial charge on any atom is -0.167 e. The summed E-state index contributed by atoms with van der Waals surface area (Å²) in [6.45, 7) is 4.53. The lowest BCUT2D eigenvalue weighted by molar-refractivity contribution is 0.684. The smallest absolute Gasteiger partial charge is 0.157 e. The molecule has 0 aromatic heterocycles. The van der Waals surface area contributed by atoms with Gasteiger partial charge in [-0.1, -0.05) is 104 Å². The van der Waals surface area contributed by atoms with Crippen molar-refractivity contribution in [2.45, 2.75) is 31.0 Å². The molecular formula is C23H25ClSi. The Kier molecular flexibility index (Phi) is 5.77. The Morgan fingerprint density at radius 2 is 1.00 bits per heavy atom. The largest absolute Gasteiger partial charge is 0.167 e. The highest BCUT2D eigenvalue weighted by Crippen LogP contribution is 2.40. The van der Waals surface area contributed by atoms with E-state index in [1.165, 1.54) is 16.7 Å². The monoisotopic (exact) mass is 364 g/mol. The van der Waals surface area contributed by atoms with Gasteiger partial charge in [-0.15, -0.1) is 0 Å². The summed E-state index contributed by atoms with van der Waals surface area (Å²) in [5.74, 6) is 0.359. The first-order valence-electron chi connectivity index (χ1n) is 8.89. The van der Waals surface area contributed by atoms with Crippen molar-refractivity contribution in [3.63, 3.8) is 0 Å². The van der Waals surface area contributed by atoms with E-state index in [1.807, 2.05) is 0 Å². The molecule has 0 saturated carbocycles. The molecule has 3 aromatic carbocycles. The fourth-order valence-corrected chi connectivity index (χ4v) is 6.00. The molecule has 0 fully saturated rings. The van der Waals surface area contributed by atoms with Crippen LogP contribution in [0.5, 0.6) is 0 Å². The first-order valence-corrected chi connectivity index (χ1v) is 13.0. The van der Waals surface area contributed by atoms with Crippen molar-refractivity contribution in [1.29, 1.82) is 0 Å². The van der Waals surface area contributed by atoms with Gasteiger partial charge in [0.05, 0.1) is 0 Å². The molecule has 0 nitrogen and oxygen atoms in total. The third kappa shape index (κ3) is 4.62. The van der Waals surface area contributed by atoms with E-state index in [-0.39, 0.29) is 0 Å². The van der Waals surface area contributed by atoms with Crippen LogP contribution in [-0.4, -0.2) is 7.38 Å². The van der Waals surface area contributed by atoms with Crippen LogP contribution in [0.25, 0.3) is 0 Å². The maximum Gasteiger partial charge on any atom is 0.157 e. The predicted molar refractivity (Wildman–Crippen MR) is 112 cm³/mol. The van der Waals surface area contributed by atoms with Gasteiger partial charge < -0.3 is 0 Å². The summed E-state index contributed by atoms with van der Waals surface area (Å²) >= 11 is 6.99. The average molecular weight is 365 g/mol.